The molecular formula is C18H14F2N4O. The van der Waals surface area contributed by atoms with E-state index >= 15 is 0 Å². The molecule has 0 fully saturated rings. The van der Waals surface area contributed by atoms with Gasteiger partial charge in [-0.3, -0.25) is 4.79 Å². The van der Waals surface area contributed by atoms with Crippen LogP contribution in [-0.2, 0) is 0 Å². The SMILES string of the molecule is Cc1cccc(NC(=O)c2ccc(Nc3ccc(F)cc3F)nn2)c1. The normalized spacial score (nSPS) is 10.4. The number of anilines is 3. The zero-order chi connectivity index (χ0) is 17.8. The third kappa shape index (κ3) is 4.14. The van der Waals surface area contributed by atoms with Crippen LogP contribution < -0.4 is 10.6 Å². The van der Waals surface area contributed by atoms with Crippen molar-refractivity contribution in [3.05, 3.63) is 77.5 Å². The zero-order valence-corrected chi connectivity index (χ0v) is 13.3. The van der Waals surface area contributed by atoms with Crippen LogP contribution in [-0.4, -0.2) is 16.1 Å². The average Bonchev–Trinajstić information content (AvgIpc) is 2.58. The summed E-state index contributed by atoms with van der Waals surface area (Å²) >= 11 is 0. The largest absolute Gasteiger partial charge is 0.336 e. The molecule has 0 saturated heterocycles. The minimum atomic E-state index is -0.747. The molecule has 0 atom stereocenters. The minimum absolute atomic E-state index is 0.0627. The predicted molar refractivity (Wildman–Crippen MR) is 90.8 cm³/mol. The van der Waals surface area contributed by atoms with E-state index in [1.54, 1.807) is 6.07 Å². The molecule has 0 spiro atoms. The highest BCUT2D eigenvalue weighted by Gasteiger charge is 2.10. The van der Waals surface area contributed by atoms with Gasteiger partial charge in [-0.05, 0) is 48.9 Å². The number of hydrogen-bond acceptors (Lipinski definition) is 4. The van der Waals surface area contributed by atoms with E-state index in [4.69, 9.17) is 0 Å². The lowest BCUT2D eigenvalue weighted by Crippen LogP contribution is -2.14. The fourth-order valence-electron chi connectivity index (χ4n) is 2.17. The highest BCUT2D eigenvalue weighted by atomic mass is 19.1. The van der Waals surface area contributed by atoms with E-state index in [1.807, 2.05) is 25.1 Å². The molecule has 3 aromatic rings. The molecule has 0 aliphatic carbocycles. The molecule has 1 aromatic heterocycles. The number of carbonyl (C=O) groups excluding carboxylic acids is 1. The molecule has 1 amide bonds. The van der Waals surface area contributed by atoms with Gasteiger partial charge in [0, 0.05) is 11.8 Å². The number of amides is 1. The maximum atomic E-state index is 13.6. The summed E-state index contributed by atoms with van der Waals surface area (Å²) in [6.45, 7) is 1.92. The first-order chi connectivity index (χ1) is 12.0. The highest BCUT2D eigenvalue weighted by molar-refractivity contribution is 6.02. The van der Waals surface area contributed by atoms with E-state index in [0.717, 1.165) is 17.7 Å². The molecule has 126 valence electrons. The molecule has 0 radical (unpaired) electrons. The summed E-state index contributed by atoms with van der Waals surface area (Å²) in [4.78, 5) is 12.2. The van der Waals surface area contributed by atoms with Crippen LogP contribution in [0, 0.1) is 18.6 Å². The van der Waals surface area contributed by atoms with Crippen molar-refractivity contribution in [2.45, 2.75) is 6.92 Å². The third-order valence-corrected chi connectivity index (χ3v) is 3.37. The lowest BCUT2D eigenvalue weighted by Gasteiger charge is -2.07. The second-order valence-corrected chi connectivity index (χ2v) is 5.38. The number of carbonyl (C=O) groups is 1. The fourth-order valence-corrected chi connectivity index (χ4v) is 2.17. The molecule has 7 heteroatoms. The maximum Gasteiger partial charge on any atom is 0.276 e. The summed E-state index contributed by atoms with van der Waals surface area (Å²) in [5.41, 5.74) is 1.85. The Morgan fingerprint density at radius 1 is 1.00 bits per heavy atom. The molecule has 5 nitrogen and oxygen atoms in total. The number of nitrogens with one attached hydrogen (secondary N) is 2. The van der Waals surface area contributed by atoms with Gasteiger partial charge >= 0.3 is 0 Å². The number of hydrogen-bond donors (Lipinski definition) is 2. The number of rotatable bonds is 4. The van der Waals surface area contributed by atoms with Gasteiger partial charge < -0.3 is 10.6 Å². The summed E-state index contributed by atoms with van der Waals surface area (Å²) in [5.74, 6) is -1.59. The number of halogens is 2. The Morgan fingerprint density at radius 3 is 2.52 bits per heavy atom. The topological polar surface area (TPSA) is 66.9 Å². The van der Waals surface area contributed by atoms with Crippen molar-refractivity contribution < 1.29 is 13.6 Å². The Kier molecular flexibility index (Phi) is 4.65. The minimum Gasteiger partial charge on any atom is -0.336 e. The quantitative estimate of drug-likeness (QED) is 0.752. The summed E-state index contributed by atoms with van der Waals surface area (Å²) in [6, 6.07) is 13.4. The Balaban J connectivity index is 1.70. The van der Waals surface area contributed by atoms with E-state index in [1.165, 1.54) is 18.2 Å². The van der Waals surface area contributed by atoms with E-state index in [9.17, 15) is 13.6 Å². The molecule has 0 aliphatic rings. The smallest absolute Gasteiger partial charge is 0.276 e. The number of benzene rings is 2. The molecule has 0 saturated carbocycles. The second-order valence-electron chi connectivity index (χ2n) is 5.38. The van der Waals surface area contributed by atoms with E-state index in [0.29, 0.717) is 5.69 Å². The standard InChI is InChI=1S/C18H14F2N4O/c1-11-3-2-4-13(9-11)21-18(25)16-7-8-17(24-23-16)22-15-6-5-12(19)10-14(15)20/h2-10H,1H3,(H,21,25)(H,22,24). The van der Waals surface area contributed by atoms with Crippen molar-refractivity contribution in [3.8, 4) is 0 Å². The first-order valence-corrected chi connectivity index (χ1v) is 7.45. The van der Waals surface area contributed by atoms with E-state index in [2.05, 4.69) is 20.8 Å². The van der Waals surface area contributed by atoms with Crippen LogP contribution in [0.2, 0.25) is 0 Å². The highest BCUT2D eigenvalue weighted by Crippen LogP contribution is 2.19. The van der Waals surface area contributed by atoms with Crippen molar-refractivity contribution in [1.29, 1.82) is 0 Å². The molecule has 0 unspecified atom stereocenters. The van der Waals surface area contributed by atoms with Crippen molar-refractivity contribution in [2.75, 3.05) is 10.6 Å². The van der Waals surface area contributed by atoms with Crippen LogP contribution in [0.1, 0.15) is 16.1 Å². The van der Waals surface area contributed by atoms with Gasteiger partial charge in [0.1, 0.15) is 11.6 Å². The summed E-state index contributed by atoms with van der Waals surface area (Å²) < 4.78 is 26.5. The average molecular weight is 340 g/mol. The van der Waals surface area contributed by atoms with Crippen molar-refractivity contribution in [1.82, 2.24) is 10.2 Å². The summed E-state index contributed by atoms with van der Waals surface area (Å²) in [7, 11) is 0. The number of aromatic nitrogens is 2. The Morgan fingerprint density at radius 2 is 1.84 bits per heavy atom. The Bertz CT molecular complexity index is 913. The van der Waals surface area contributed by atoms with E-state index < -0.39 is 17.5 Å². The monoisotopic (exact) mass is 340 g/mol. The first kappa shape index (κ1) is 16.5. The molecule has 25 heavy (non-hydrogen) atoms. The van der Waals surface area contributed by atoms with Crippen LogP contribution in [0.25, 0.3) is 0 Å². The van der Waals surface area contributed by atoms with E-state index in [-0.39, 0.29) is 17.2 Å². The third-order valence-electron chi connectivity index (χ3n) is 3.37. The second kappa shape index (κ2) is 7.04. The van der Waals surface area contributed by atoms with Crippen LogP contribution in [0.5, 0.6) is 0 Å². The fraction of sp³-hybridized carbons (Fsp3) is 0.0556. The van der Waals surface area contributed by atoms with Gasteiger partial charge in [0.2, 0.25) is 0 Å². The Hall–Kier alpha value is -3.35. The molecule has 2 N–H and O–H groups in total. The van der Waals surface area contributed by atoms with Crippen LogP contribution in [0.15, 0.2) is 54.6 Å². The van der Waals surface area contributed by atoms with Gasteiger partial charge in [-0.15, -0.1) is 10.2 Å². The molecule has 0 bridgehead atoms. The zero-order valence-electron chi connectivity index (χ0n) is 13.3. The first-order valence-electron chi connectivity index (χ1n) is 7.45. The van der Waals surface area contributed by atoms with Crippen LogP contribution >= 0.6 is 0 Å². The van der Waals surface area contributed by atoms with Gasteiger partial charge in [0.25, 0.3) is 5.91 Å². The molecule has 2 aromatic carbocycles. The number of nitrogens with zero attached hydrogens (tertiary/aromatic N) is 2. The summed E-state index contributed by atoms with van der Waals surface area (Å²) in [6.07, 6.45) is 0. The van der Waals surface area contributed by atoms with Gasteiger partial charge in [-0.2, -0.15) is 0 Å². The molecule has 1 heterocycles. The lowest BCUT2D eigenvalue weighted by molar-refractivity contribution is 0.102. The van der Waals surface area contributed by atoms with Crippen molar-refractivity contribution in [3.63, 3.8) is 0 Å². The molecule has 3 rings (SSSR count). The van der Waals surface area contributed by atoms with Gasteiger partial charge in [0.05, 0.1) is 5.69 Å². The van der Waals surface area contributed by atoms with Crippen molar-refractivity contribution >= 4 is 23.1 Å². The Labute approximate surface area is 142 Å². The lowest BCUT2D eigenvalue weighted by atomic mass is 10.2. The molecular weight excluding hydrogens is 326 g/mol. The van der Waals surface area contributed by atoms with Gasteiger partial charge in [-0.1, -0.05) is 12.1 Å². The van der Waals surface area contributed by atoms with Crippen LogP contribution in [0.3, 0.4) is 0 Å². The molecule has 0 aliphatic heterocycles. The van der Waals surface area contributed by atoms with Crippen molar-refractivity contribution in [2.24, 2.45) is 0 Å². The number of aryl methyl sites for hydroxylation is 1. The van der Waals surface area contributed by atoms with Crippen LogP contribution in [0.4, 0.5) is 26.0 Å². The maximum absolute atomic E-state index is 13.6. The van der Waals surface area contributed by atoms with Gasteiger partial charge in [0.15, 0.2) is 11.5 Å². The predicted octanol–water partition coefficient (Wildman–Crippen LogP) is 4.06. The van der Waals surface area contributed by atoms with Gasteiger partial charge in [-0.25, -0.2) is 8.78 Å². The summed E-state index contributed by atoms with van der Waals surface area (Å²) in [5, 5.41) is 13.1.